The van der Waals surface area contributed by atoms with Crippen molar-refractivity contribution in [2.45, 2.75) is 67.7 Å². The molecule has 3 saturated carbocycles. The van der Waals surface area contributed by atoms with Crippen LogP contribution in [0.4, 0.5) is 4.39 Å². The molecule has 32 heavy (non-hydrogen) atoms. The molecular formula is C26H30ClFO3S. The second kappa shape index (κ2) is 7.43. The number of carbonyl (C=O) groups is 1. The van der Waals surface area contributed by atoms with Crippen molar-refractivity contribution in [1.29, 1.82) is 0 Å². The van der Waals surface area contributed by atoms with Crippen LogP contribution in [-0.4, -0.2) is 31.4 Å². The van der Waals surface area contributed by atoms with Gasteiger partial charge in [-0.15, -0.1) is 0 Å². The average Bonchev–Trinajstić information content (AvgIpc) is 3.02. The molecule has 8 atom stereocenters. The number of hydrogen-bond donors (Lipinski definition) is 1. The lowest BCUT2D eigenvalue weighted by Gasteiger charge is -2.62. The number of halogens is 2. The number of hydrogen-bond acceptors (Lipinski definition) is 3. The van der Waals surface area contributed by atoms with E-state index in [-0.39, 0.29) is 18.1 Å². The van der Waals surface area contributed by atoms with Gasteiger partial charge in [-0.25, -0.2) is 4.39 Å². The molecule has 172 valence electrons. The van der Waals surface area contributed by atoms with Gasteiger partial charge in [0.1, 0.15) is 5.75 Å². The number of benzene rings is 1. The van der Waals surface area contributed by atoms with E-state index in [0.29, 0.717) is 31.4 Å². The highest BCUT2D eigenvalue weighted by Gasteiger charge is 2.75. The van der Waals surface area contributed by atoms with Gasteiger partial charge in [-0.3, -0.25) is 4.79 Å². The van der Waals surface area contributed by atoms with Crippen molar-refractivity contribution >= 4 is 28.6 Å². The highest BCUT2D eigenvalue weighted by molar-refractivity contribution is 7.93. The van der Waals surface area contributed by atoms with E-state index in [4.69, 9.17) is 11.6 Å². The first-order valence-electron chi connectivity index (χ1n) is 11.5. The number of fused-ring (bicyclic) bond motifs is 5. The first kappa shape index (κ1) is 22.6. The van der Waals surface area contributed by atoms with Crippen LogP contribution in [0.25, 0.3) is 0 Å². The predicted octanol–water partition coefficient (Wildman–Crippen LogP) is 5.24. The van der Waals surface area contributed by atoms with E-state index < -0.39 is 43.9 Å². The van der Waals surface area contributed by atoms with Crippen LogP contribution in [0.1, 0.15) is 51.5 Å². The zero-order chi connectivity index (χ0) is 22.9. The Morgan fingerprint density at radius 2 is 1.94 bits per heavy atom. The summed E-state index contributed by atoms with van der Waals surface area (Å²) in [5.41, 5.74) is -1.78. The molecule has 1 N–H and O–H groups in total. The summed E-state index contributed by atoms with van der Waals surface area (Å²) in [6.45, 7) is 3.83. The summed E-state index contributed by atoms with van der Waals surface area (Å²) in [4.78, 5) is 12.0. The van der Waals surface area contributed by atoms with E-state index >= 15 is 4.39 Å². The van der Waals surface area contributed by atoms with Gasteiger partial charge in [-0.05, 0) is 61.9 Å². The van der Waals surface area contributed by atoms with Gasteiger partial charge in [0, 0.05) is 28.7 Å². The van der Waals surface area contributed by atoms with E-state index in [0.717, 1.165) is 11.1 Å². The zero-order valence-electron chi connectivity index (χ0n) is 18.5. The molecule has 0 aromatic heterocycles. The Morgan fingerprint density at radius 3 is 2.66 bits per heavy atom. The van der Waals surface area contributed by atoms with Crippen molar-refractivity contribution in [3.05, 3.63) is 59.7 Å². The molecule has 3 fully saturated rings. The molecule has 0 aliphatic heterocycles. The Labute approximate surface area is 197 Å². The third kappa shape index (κ3) is 2.84. The molecule has 4 aliphatic rings. The first-order valence-corrected chi connectivity index (χ1v) is 13.2. The fourth-order valence-corrected chi connectivity index (χ4v) is 9.67. The Kier molecular flexibility index (Phi) is 5.26. The lowest BCUT2D eigenvalue weighted by Crippen LogP contribution is -2.68. The summed E-state index contributed by atoms with van der Waals surface area (Å²) >= 11 is 5.84. The zero-order valence-corrected chi connectivity index (χ0v) is 20.1. The third-order valence-electron chi connectivity index (χ3n) is 9.16. The van der Waals surface area contributed by atoms with E-state index in [9.17, 15) is 14.5 Å². The van der Waals surface area contributed by atoms with Crippen molar-refractivity contribution in [2.24, 2.45) is 22.7 Å². The molecule has 0 radical (unpaired) electrons. The quantitative estimate of drug-likeness (QED) is 0.479. The summed E-state index contributed by atoms with van der Waals surface area (Å²) in [5, 5.41) is 11.4. The van der Waals surface area contributed by atoms with Crippen LogP contribution in [0.5, 0.6) is 0 Å². The Hall–Kier alpha value is -1.14. The van der Waals surface area contributed by atoms with Crippen molar-refractivity contribution in [1.82, 2.24) is 0 Å². The van der Waals surface area contributed by atoms with Crippen LogP contribution < -0.4 is 0 Å². The minimum Gasteiger partial charge on any atom is -0.615 e. The average molecular weight is 477 g/mol. The van der Waals surface area contributed by atoms with Gasteiger partial charge in [0.2, 0.25) is 4.21 Å². The minimum atomic E-state index is -1.87. The number of aliphatic hydroxyl groups excluding tert-OH is 1. The molecule has 5 rings (SSSR count). The van der Waals surface area contributed by atoms with Crippen molar-refractivity contribution in [3.8, 4) is 0 Å². The normalized spacial score (nSPS) is 46.1. The molecule has 4 aliphatic carbocycles. The Balaban J connectivity index is 1.50. The fraction of sp³-hybridized carbons (Fsp3) is 0.577. The number of allylic oxidation sites excluding steroid dienone is 4. The largest absolute Gasteiger partial charge is 0.615 e. The maximum Gasteiger partial charge on any atom is 0.204 e. The first-order chi connectivity index (χ1) is 15.1. The summed E-state index contributed by atoms with van der Waals surface area (Å²) in [6, 6.07) is 9.66. The SMILES string of the molecule is C[C@]12C=CC(=O)C=C1CC[C@@H]1[C@@H]3CC[C@](Cl)([S@+]([O-])Cc4ccccc4)[C@@]3(C)C[C@H](O)[C@@]12F. The fourth-order valence-electron chi connectivity index (χ4n) is 7.36. The monoisotopic (exact) mass is 476 g/mol. The smallest absolute Gasteiger partial charge is 0.204 e. The molecule has 0 saturated heterocycles. The van der Waals surface area contributed by atoms with Gasteiger partial charge in [-0.2, -0.15) is 0 Å². The molecule has 1 aromatic rings. The van der Waals surface area contributed by atoms with Crippen LogP contribution in [0.15, 0.2) is 54.1 Å². The summed E-state index contributed by atoms with van der Waals surface area (Å²) in [6.07, 6.45) is 6.00. The van der Waals surface area contributed by atoms with E-state index in [2.05, 4.69) is 0 Å². The Bertz CT molecular complexity index is 998. The molecule has 0 unspecified atom stereocenters. The van der Waals surface area contributed by atoms with Gasteiger partial charge < -0.3 is 9.66 Å². The van der Waals surface area contributed by atoms with Crippen LogP contribution in [0.3, 0.4) is 0 Å². The number of alkyl halides is 2. The number of carbonyl (C=O) groups excluding carboxylic acids is 1. The second-order valence-electron chi connectivity index (χ2n) is 10.5. The molecule has 0 amide bonds. The van der Waals surface area contributed by atoms with E-state index in [1.165, 1.54) is 6.08 Å². The third-order valence-corrected chi connectivity index (χ3v) is 12.3. The van der Waals surface area contributed by atoms with Gasteiger partial charge in [0.15, 0.2) is 11.5 Å². The highest BCUT2D eigenvalue weighted by atomic mass is 35.5. The molecule has 0 bridgehead atoms. The van der Waals surface area contributed by atoms with Crippen LogP contribution in [-0.2, 0) is 21.7 Å². The number of aliphatic hydroxyl groups is 1. The molecule has 6 heteroatoms. The topological polar surface area (TPSA) is 60.4 Å². The van der Waals surface area contributed by atoms with Crippen LogP contribution >= 0.6 is 11.6 Å². The standard InChI is InChI=1S/C26H30ClFO3S/c1-23-12-10-19(29)14-18(23)8-9-21-20-11-13-25(27,24(20,2)15-22(30)26(21,23)28)32(31)16-17-6-4-3-5-7-17/h3-7,10,12,14,20-22,30H,8-9,11,13,15-16H2,1-2H3/t20-,21+,22-,23-,24-,25-,26-,32+/m0/s1. The number of rotatable bonds is 3. The highest BCUT2D eigenvalue weighted by Crippen LogP contribution is 2.71. The molecule has 1 aromatic carbocycles. The molecular weight excluding hydrogens is 447 g/mol. The van der Waals surface area contributed by atoms with Gasteiger partial charge >= 0.3 is 0 Å². The molecule has 0 heterocycles. The van der Waals surface area contributed by atoms with Gasteiger partial charge in [0.05, 0.1) is 6.10 Å². The lowest BCUT2D eigenvalue weighted by atomic mass is 9.46. The molecule has 0 spiro atoms. The summed E-state index contributed by atoms with van der Waals surface area (Å²) < 4.78 is 29.7. The summed E-state index contributed by atoms with van der Waals surface area (Å²) in [5.74, 6) is -0.237. The van der Waals surface area contributed by atoms with Gasteiger partial charge in [-0.1, -0.05) is 60.5 Å². The summed E-state index contributed by atoms with van der Waals surface area (Å²) in [7, 11) is 0. The number of ketones is 1. The predicted molar refractivity (Wildman–Crippen MR) is 125 cm³/mol. The van der Waals surface area contributed by atoms with Crippen molar-refractivity contribution < 1.29 is 18.8 Å². The van der Waals surface area contributed by atoms with Crippen LogP contribution in [0.2, 0.25) is 0 Å². The molecule has 3 nitrogen and oxygen atoms in total. The van der Waals surface area contributed by atoms with E-state index in [1.807, 2.05) is 44.2 Å². The van der Waals surface area contributed by atoms with Crippen molar-refractivity contribution in [2.75, 3.05) is 0 Å². The van der Waals surface area contributed by atoms with Crippen LogP contribution in [0, 0.1) is 22.7 Å². The maximum atomic E-state index is 17.1. The van der Waals surface area contributed by atoms with E-state index in [1.54, 1.807) is 12.2 Å². The Morgan fingerprint density at radius 1 is 1.22 bits per heavy atom. The van der Waals surface area contributed by atoms with Crippen molar-refractivity contribution in [3.63, 3.8) is 0 Å². The van der Waals surface area contributed by atoms with Gasteiger partial charge in [0.25, 0.3) is 0 Å². The minimum absolute atomic E-state index is 0.0717. The lowest BCUT2D eigenvalue weighted by molar-refractivity contribution is -0.189. The second-order valence-corrected chi connectivity index (χ2v) is 13.1. The maximum absolute atomic E-state index is 17.1.